The molecule has 0 atom stereocenters. The van der Waals surface area contributed by atoms with Gasteiger partial charge in [0.05, 0.1) is 0 Å². The normalized spacial score (nSPS) is 12.6. The molecule has 0 fully saturated rings. The van der Waals surface area contributed by atoms with Gasteiger partial charge in [0.25, 0.3) is 0 Å². The third-order valence-corrected chi connectivity index (χ3v) is 0.848. The van der Waals surface area contributed by atoms with Gasteiger partial charge >= 0.3 is 6.18 Å². The van der Waals surface area contributed by atoms with Crippen LogP contribution >= 0.6 is 0 Å². The van der Waals surface area contributed by atoms with Gasteiger partial charge in [0.2, 0.25) is 5.84 Å². The Kier molecular flexibility index (Phi) is 3.66. The van der Waals surface area contributed by atoms with Gasteiger partial charge in [-0.1, -0.05) is 5.57 Å². The van der Waals surface area contributed by atoms with Crippen molar-refractivity contribution in [2.24, 2.45) is 9.98 Å². The van der Waals surface area contributed by atoms with Crippen LogP contribution in [0.3, 0.4) is 0 Å². The predicted octanol–water partition coefficient (Wildman–Crippen LogP) is 2.57. The van der Waals surface area contributed by atoms with Crippen LogP contribution in [-0.2, 0) is 0 Å². The van der Waals surface area contributed by atoms with E-state index in [0.717, 1.165) is 6.20 Å². The fourth-order valence-electron chi connectivity index (χ4n) is 0.394. The molecule has 2 nitrogen and oxygen atoms in total. The third-order valence-electron chi connectivity index (χ3n) is 0.848. The second kappa shape index (κ2) is 4.04. The summed E-state index contributed by atoms with van der Waals surface area (Å²) in [5, 5.41) is 0. The van der Waals surface area contributed by atoms with Gasteiger partial charge in [-0.15, -0.1) is 0 Å². The van der Waals surface area contributed by atoms with Crippen LogP contribution in [0.4, 0.5) is 13.2 Å². The maximum absolute atomic E-state index is 11.9. The molecule has 0 radical (unpaired) electrons. The molecule has 12 heavy (non-hydrogen) atoms. The number of nitrogens with zero attached hydrogens (tertiary/aromatic N) is 2. The largest absolute Gasteiger partial charge is 0.451 e. The maximum atomic E-state index is 11.9. The molecule has 0 unspecified atom stereocenters. The lowest BCUT2D eigenvalue weighted by Gasteiger charge is -2.02. The van der Waals surface area contributed by atoms with Crippen molar-refractivity contribution in [3.05, 3.63) is 11.8 Å². The number of rotatable bonds is 1. The Hall–Kier alpha value is -1.13. The highest BCUT2D eigenvalue weighted by atomic mass is 19.4. The second-order valence-corrected chi connectivity index (χ2v) is 2.32. The van der Waals surface area contributed by atoms with Crippen LogP contribution in [0.2, 0.25) is 0 Å². The highest BCUT2D eigenvalue weighted by molar-refractivity contribution is 5.91. The number of hydrogen-bond donors (Lipinski definition) is 0. The summed E-state index contributed by atoms with van der Waals surface area (Å²) >= 11 is 0. The van der Waals surface area contributed by atoms with Gasteiger partial charge in [-0.25, -0.2) is 9.98 Å². The summed E-state index contributed by atoms with van der Waals surface area (Å²) in [6, 6.07) is 0. The summed E-state index contributed by atoms with van der Waals surface area (Å²) in [6.45, 7) is 6.05. The SMILES string of the molecule is C=N/C(=N\C=C(C)C)C(F)(F)F. The molecule has 0 saturated heterocycles. The van der Waals surface area contributed by atoms with Crippen LogP contribution in [0, 0.1) is 0 Å². The van der Waals surface area contributed by atoms with Gasteiger partial charge in [-0.3, -0.25) is 0 Å². The minimum Gasteiger partial charge on any atom is -0.241 e. The summed E-state index contributed by atoms with van der Waals surface area (Å²) in [5.41, 5.74) is 0.667. The minimum absolute atomic E-state index is 0.667. The molecule has 68 valence electrons. The lowest BCUT2D eigenvalue weighted by atomic mass is 10.4. The molecule has 0 aliphatic rings. The molecule has 0 aromatic rings. The molecule has 0 bridgehead atoms. The van der Waals surface area contributed by atoms with Crippen LogP contribution < -0.4 is 0 Å². The van der Waals surface area contributed by atoms with Crippen molar-refractivity contribution in [2.45, 2.75) is 20.0 Å². The average molecular weight is 178 g/mol. The van der Waals surface area contributed by atoms with Crippen molar-refractivity contribution < 1.29 is 13.2 Å². The van der Waals surface area contributed by atoms with Crippen molar-refractivity contribution in [1.29, 1.82) is 0 Å². The zero-order valence-corrected chi connectivity index (χ0v) is 6.81. The molecular formula is C7H9F3N2. The summed E-state index contributed by atoms with van der Waals surface area (Å²) in [7, 11) is 0. The van der Waals surface area contributed by atoms with E-state index in [2.05, 4.69) is 16.7 Å². The van der Waals surface area contributed by atoms with Crippen LogP contribution in [0.1, 0.15) is 13.8 Å². The number of halogens is 3. The Balaban J connectivity index is 4.68. The molecule has 0 N–H and O–H groups in total. The number of amidine groups is 1. The molecule has 0 heterocycles. The molecule has 0 aromatic heterocycles. The first-order valence-electron chi connectivity index (χ1n) is 3.13. The fraction of sp³-hybridized carbons (Fsp3) is 0.429. The zero-order valence-electron chi connectivity index (χ0n) is 6.81. The topological polar surface area (TPSA) is 24.7 Å². The molecular weight excluding hydrogens is 169 g/mol. The molecule has 0 aliphatic carbocycles. The van der Waals surface area contributed by atoms with E-state index < -0.39 is 12.0 Å². The maximum Gasteiger partial charge on any atom is 0.451 e. The highest BCUT2D eigenvalue weighted by Gasteiger charge is 2.34. The highest BCUT2D eigenvalue weighted by Crippen LogP contribution is 2.18. The van der Waals surface area contributed by atoms with E-state index in [1.54, 1.807) is 13.8 Å². The van der Waals surface area contributed by atoms with E-state index >= 15 is 0 Å². The van der Waals surface area contributed by atoms with E-state index in [0.29, 0.717) is 5.57 Å². The Bertz CT molecular complexity index is 221. The second-order valence-electron chi connectivity index (χ2n) is 2.32. The Morgan fingerprint density at radius 1 is 1.33 bits per heavy atom. The Labute approximate surface area is 68.5 Å². The number of aliphatic imine (C=N–C) groups is 2. The Morgan fingerprint density at radius 3 is 2.08 bits per heavy atom. The van der Waals surface area contributed by atoms with Crippen LogP contribution in [0.15, 0.2) is 21.8 Å². The molecule has 0 aromatic carbocycles. The van der Waals surface area contributed by atoms with Gasteiger partial charge in [0.15, 0.2) is 0 Å². The van der Waals surface area contributed by atoms with E-state index in [-0.39, 0.29) is 0 Å². The fourth-order valence-corrected chi connectivity index (χ4v) is 0.394. The van der Waals surface area contributed by atoms with Crippen molar-refractivity contribution in [1.82, 2.24) is 0 Å². The standard InChI is InChI=1S/C7H9F3N2/c1-5(2)4-12-6(11-3)7(8,9)10/h4H,3H2,1-2H3/b12-6-. The molecule has 0 rings (SSSR count). The van der Waals surface area contributed by atoms with E-state index in [4.69, 9.17) is 0 Å². The number of hydrogen-bond acceptors (Lipinski definition) is 1. The van der Waals surface area contributed by atoms with Crippen molar-refractivity contribution >= 4 is 12.6 Å². The number of alkyl halides is 3. The van der Waals surface area contributed by atoms with Crippen molar-refractivity contribution in [3.63, 3.8) is 0 Å². The monoisotopic (exact) mass is 178 g/mol. The summed E-state index contributed by atoms with van der Waals surface area (Å²) in [5.74, 6) is -1.22. The smallest absolute Gasteiger partial charge is 0.241 e. The van der Waals surface area contributed by atoms with Crippen molar-refractivity contribution in [2.75, 3.05) is 0 Å². The van der Waals surface area contributed by atoms with Gasteiger partial charge in [-0.05, 0) is 20.6 Å². The van der Waals surface area contributed by atoms with Gasteiger partial charge < -0.3 is 0 Å². The molecule has 0 aliphatic heterocycles. The van der Waals surface area contributed by atoms with Crippen LogP contribution in [0.5, 0.6) is 0 Å². The Morgan fingerprint density at radius 2 is 1.83 bits per heavy atom. The number of allylic oxidation sites excluding steroid dienone is 1. The molecule has 0 amide bonds. The quantitative estimate of drug-likeness (QED) is 0.435. The van der Waals surface area contributed by atoms with Crippen LogP contribution in [-0.4, -0.2) is 18.7 Å². The van der Waals surface area contributed by atoms with E-state index in [1.807, 2.05) is 0 Å². The predicted molar refractivity (Wildman–Crippen MR) is 42.5 cm³/mol. The molecule has 5 heteroatoms. The first-order valence-corrected chi connectivity index (χ1v) is 3.13. The minimum atomic E-state index is -4.52. The van der Waals surface area contributed by atoms with Crippen LogP contribution in [0.25, 0.3) is 0 Å². The van der Waals surface area contributed by atoms with Gasteiger partial charge in [0, 0.05) is 6.20 Å². The van der Waals surface area contributed by atoms with E-state index in [9.17, 15) is 13.2 Å². The first-order chi connectivity index (χ1) is 5.38. The third kappa shape index (κ3) is 3.90. The summed E-state index contributed by atoms with van der Waals surface area (Å²) in [4.78, 5) is 5.88. The molecule has 0 saturated carbocycles. The lowest BCUT2D eigenvalue weighted by Crippen LogP contribution is -2.20. The first kappa shape index (κ1) is 10.9. The average Bonchev–Trinajstić information content (AvgIpc) is 1.85. The van der Waals surface area contributed by atoms with Gasteiger partial charge in [-0.2, -0.15) is 13.2 Å². The van der Waals surface area contributed by atoms with E-state index in [1.165, 1.54) is 0 Å². The lowest BCUT2D eigenvalue weighted by molar-refractivity contribution is -0.0596. The summed E-state index contributed by atoms with van der Waals surface area (Å²) < 4.78 is 35.6. The van der Waals surface area contributed by atoms with Crippen molar-refractivity contribution in [3.8, 4) is 0 Å². The molecule has 0 spiro atoms. The summed E-state index contributed by atoms with van der Waals surface area (Å²) in [6.07, 6.45) is -3.43. The van der Waals surface area contributed by atoms with Gasteiger partial charge in [0.1, 0.15) is 0 Å². The zero-order chi connectivity index (χ0) is 9.78.